The molecule has 1 aromatic carbocycles. The summed E-state index contributed by atoms with van der Waals surface area (Å²) in [6.45, 7) is 6.45. The second kappa shape index (κ2) is 10.5. The zero-order chi connectivity index (χ0) is 17.1. The smallest absolute Gasteiger partial charge is 0.121 e. The van der Waals surface area contributed by atoms with Gasteiger partial charge in [-0.3, -0.25) is 0 Å². The second-order valence-electron chi connectivity index (χ2n) is 5.10. The molecule has 0 saturated heterocycles. The van der Waals surface area contributed by atoms with E-state index < -0.39 is 0 Å². The average Bonchev–Trinajstić information content (AvgIpc) is 2.59. The van der Waals surface area contributed by atoms with Gasteiger partial charge in [0, 0.05) is 12.8 Å². The molecule has 0 aliphatic rings. The van der Waals surface area contributed by atoms with Gasteiger partial charge in [-0.25, -0.2) is 0 Å². The fourth-order valence-corrected chi connectivity index (χ4v) is 2.27. The van der Waals surface area contributed by atoms with Crippen LogP contribution in [0.1, 0.15) is 25.3 Å². The van der Waals surface area contributed by atoms with Gasteiger partial charge >= 0.3 is 0 Å². The first-order valence-electron chi connectivity index (χ1n) is 7.78. The first-order chi connectivity index (χ1) is 11.2. The predicted octanol–water partition coefficient (Wildman–Crippen LogP) is 4.45. The minimum absolute atomic E-state index is 0.418. The van der Waals surface area contributed by atoms with Crippen molar-refractivity contribution >= 4 is 5.57 Å². The molecular weight excluding hydrogens is 286 g/mol. The molecule has 0 aliphatic carbocycles. The first-order valence-corrected chi connectivity index (χ1v) is 7.78. The molecule has 1 rings (SSSR count). The maximum absolute atomic E-state index is 6.43. The van der Waals surface area contributed by atoms with Crippen LogP contribution in [0.5, 0.6) is 0 Å². The van der Waals surface area contributed by atoms with E-state index in [1.807, 2.05) is 30.4 Å². The Labute approximate surface area is 139 Å². The Morgan fingerprint density at radius 3 is 2.39 bits per heavy atom. The predicted molar refractivity (Wildman–Crippen MR) is 97.7 cm³/mol. The van der Waals surface area contributed by atoms with E-state index in [-0.39, 0.29) is 0 Å². The molecule has 0 aliphatic heterocycles. The van der Waals surface area contributed by atoms with Crippen LogP contribution in [-0.4, -0.2) is 20.8 Å². The summed E-state index contributed by atoms with van der Waals surface area (Å²) in [5, 5.41) is 0. The molecule has 0 aromatic heterocycles. The van der Waals surface area contributed by atoms with Crippen LogP contribution >= 0.6 is 0 Å². The second-order valence-corrected chi connectivity index (χ2v) is 5.10. The monoisotopic (exact) mass is 313 g/mol. The maximum Gasteiger partial charge on any atom is 0.121 e. The van der Waals surface area contributed by atoms with Gasteiger partial charge in [-0.05, 0) is 35.3 Å². The highest BCUT2D eigenvalue weighted by molar-refractivity contribution is 5.72. The fourth-order valence-electron chi connectivity index (χ4n) is 2.27. The van der Waals surface area contributed by atoms with Gasteiger partial charge in [-0.15, -0.1) is 0 Å². The minimum Gasteiger partial charge on any atom is -0.499 e. The van der Waals surface area contributed by atoms with E-state index in [1.54, 1.807) is 20.3 Å². The highest BCUT2D eigenvalue weighted by Gasteiger charge is 2.08. The van der Waals surface area contributed by atoms with Crippen LogP contribution in [-0.2, 0) is 9.47 Å². The van der Waals surface area contributed by atoms with Gasteiger partial charge in [-0.1, -0.05) is 56.3 Å². The Morgan fingerprint density at radius 1 is 1.17 bits per heavy atom. The zero-order valence-electron chi connectivity index (χ0n) is 14.3. The van der Waals surface area contributed by atoms with E-state index in [0.717, 1.165) is 41.0 Å². The van der Waals surface area contributed by atoms with E-state index >= 15 is 0 Å². The van der Waals surface area contributed by atoms with Crippen LogP contribution in [0.4, 0.5) is 0 Å². The molecule has 124 valence electrons. The van der Waals surface area contributed by atoms with Crippen molar-refractivity contribution in [1.82, 2.24) is 0 Å². The number of hydrogen-bond donors (Lipinski definition) is 1. The van der Waals surface area contributed by atoms with Gasteiger partial charge in [0.2, 0.25) is 0 Å². The largest absolute Gasteiger partial charge is 0.499 e. The summed E-state index contributed by atoms with van der Waals surface area (Å²) in [6, 6.07) is 10.2. The van der Waals surface area contributed by atoms with Gasteiger partial charge in [0.15, 0.2) is 0 Å². The average molecular weight is 313 g/mol. The first kappa shape index (κ1) is 18.8. The number of hydrogen-bond acceptors (Lipinski definition) is 3. The molecule has 0 unspecified atom stereocenters. The van der Waals surface area contributed by atoms with Crippen LogP contribution in [0, 0.1) is 0 Å². The topological polar surface area (TPSA) is 44.5 Å². The summed E-state index contributed by atoms with van der Waals surface area (Å²) in [7, 11) is 3.26. The van der Waals surface area contributed by atoms with Crippen molar-refractivity contribution in [2.75, 3.05) is 20.8 Å². The van der Waals surface area contributed by atoms with E-state index in [1.165, 1.54) is 0 Å². The maximum atomic E-state index is 6.43. The summed E-state index contributed by atoms with van der Waals surface area (Å²) in [5.74, 6) is 0.733. The quantitative estimate of drug-likeness (QED) is 0.541. The van der Waals surface area contributed by atoms with Gasteiger partial charge in [0.25, 0.3) is 0 Å². The molecule has 0 saturated carbocycles. The van der Waals surface area contributed by atoms with Crippen molar-refractivity contribution in [2.24, 2.45) is 5.73 Å². The number of nitrogens with two attached hydrogens (primary N) is 1. The van der Waals surface area contributed by atoms with Crippen molar-refractivity contribution < 1.29 is 9.47 Å². The third-order valence-corrected chi connectivity index (χ3v) is 3.48. The molecule has 0 heterocycles. The number of allylic oxidation sites excluding steroid dienone is 4. The number of benzene rings is 1. The lowest BCUT2D eigenvalue weighted by molar-refractivity contribution is 0.159. The number of methoxy groups -OCH3 is 2. The lowest BCUT2D eigenvalue weighted by Crippen LogP contribution is -2.05. The summed E-state index contributed by atoms with van der Waals surface area (Å²) in [4.78, 5) is 0. The van der Waals surface area contributed by atoms with Crippen LogP contribution < -0.4 is 5.73 Å². The van der Waals surface area contributed by atoms with Gasteiger partial charge in [0.1, 0.15) is 12.4 Å². The van der Waals surface area contributed by atoms with Crippen LogP contribution in [0.25, 0.3) is 5.57 Å². The third kappa shape index (κ3) is 5.80. The van der Waals surface area contributed by atoms with Gasteiger partial charge in [-0.2, -0.15) is 0 Å². The van der Waals surface area contributed by atoms with Crippen LogP contribution in [0.2, 0.25) is 0 Å². The van der Waals surface area contributed by atoms with Crippen molar-refractivity contribution in [3.05, 3.63) is 77.7 Å². The molecule has 0 spiro atoms. The minimum atomic E-state index is 0.418. The van der Waals surface area contributed by atoms with Crippen molar-refractivity contribution in [1.29, 1.82) is 0 Å². The van der Waals surface area contributed by atoms with Gasteiger partial charge in [0.05, 0.1) is 7.11 Å². The van der Waals surface area contributed by atoms with E-state index in [4.69, 9.17) is 15.2 Å². The number of rotatable bonds is 9. The van der Waals surface area contributed by atoms with Gasteiger partial charge < -0.3 is 15.2 Å². The Hall–Kier alpha value is -2.26. The van der Waals surface area contributed by atoms with Crippen molar-refractivity contribution in [3.8, 4) is 0 Å². The molecule has 0 amide bonds. The molecule has 3 heteroatoms. The van der Waals surface area contributed by atoms with Crippen LogP contribution in [0.15, 0.2) is 72.2 Å². The third-order valence-electron chi connectivity index (χ3n) is 3.48. The molecule has 0 fully saturated rings. The zero-order valence-corrected chi connectivity index (χ0v) is 14.3. The molecule has 2 N–H and O–H groups in total. The lowest BCUT2D eigenvalue weighted by Gasteiger charge is -2.13. The SMILES string of the molecule is C=CC(=C\C=C(/COC)OC)/C(N)=C(\CCC)c1ccccc1. The highest BCUT2D eigenvalue weighted by Crippen LogP contribution is 2.25. The van der Waals surface area contributed by atoms with E-state index in [2.05, 4.69) is 25.6 Å². The lowest BCUT2D eigenvalue weighted by atomic mass is 9.96. The Balaban J connectivity index is 3.25. The normalized spacial score (nSPS) is 13.5. The standard InChI is InChI=1S/C20H27NO2/c1-5-10-19(17-11-8-7-9-12-17)20(21)16(6-2)13-14-18(23-4)15-22-3/h6-9,11-14H,2,5,10,15,21H2,1,3-4H3/b16-13+,18-14+,20-19-. The molecule has 0 atom stereocenters. The molecule has 0 bridgehead atoms. The molecular formula is C20H27NO2. The Bertz CT molecular complexity index is 583. The summed E-state index contributed by atoms with van der Waals surface area (Å²) in [6.07, 6.45) is 7.49. The van der Waals surface area contributed by atoms with Crippen molar-refractivity contribution in [3.63, 3.8) is 0 Å². The van der Waals surface area contributed by atoms with E-state index in [9.17, 15) is 0 Å². The fraction of sp³-hybridized carbons (Fsp3) is 0.300. The highest BCUT2D eigenvalue weighted by atomic mass is 16.5. The molecule has 0 radical (unpaired) electrons. The van der Waals surface area contributed by atoms with Crippen molar-refractivity contribution in [2.45, 2.75) is 19.8 Å². The number of ether oxygens (including phenoxy) is 2. The summed E-state index contributed by atoms with van der Waals surface area (Å²) in [5.41, 5.74) is 10.3. The van der Waals surface area contributed by atoms with Crippen LogP contribution in [0.3, 0.4) is 0 Å². The molecule has 1 aromatic rings. The summed E-state index contributed by atoms with van der Waals surface area (Å²) >= 11 is 0. The summed E-state index contributed by atoms with van der Waals surface area (Å²) < 4.78 is 10.3. The molecule has 23 heavy (non-hydrogen) atoms. The molecule has 3 nitrogen and oxygen atoms in total. The van der Waals surface area contributed by atoms with E-state index in [0.29, 0.717) is 6.61 Å². The Kier molecular flexibility index (Phi) is 8.55. The Morgan fingerprint density at radius 2 is 1.87 bits per heavy atom.